The Morgan fingerprint density at radius 1 is 1.53 bits per heavy atom. The lowest BCUT2D eigenvalue weighted by molar-refractivity contribution is -0.134. The van der Waals surface area contributed by atoms with Crippen molar-refractivity contribution in [1.82, 2.24) is 4.90 Å². The summed E-state index contributed by atoms with van der Waals surface area (Å²) in [6, 6.07) is 3.23. The van der Waals surface area contributed by atoms with E-state index in [-0.39, 0.29) is 24.2 Å². The number of rotatable bonds is 4. The van der Waals surface area contributed by atoms with Gasteiger partial charge in [0, 0.05) is 20.3 Å². The van der Waals surface area contributed by atoms with Crippen LogP contribution in [-0.4, -0.2) is 37.1 Å². The standard InChI is InChI=1S/C13H20N2O3.ClH/c1-15(9-11-3-2-6-18-11)13(16)12(14)10-4-7-17-8-5-10;/h2-3,6,10,12H,4-5,7-9,14H2,1H3;1H. The summed E-state index contributed by atoms with van der Waals surface area (Å²) in [5.41, 5.74) is 6.04. The second kappa shape index (κ2) is 7.53. The van der Waals surface area contributed by atoms with Gasteiger partial charge in [0.2, 0.25) is 5.91 Å². The van der Waals surface area contributed by atoms with Gasteiger partial charge in [-0.15, -0.1) is 12.4 Å². The van der Waals surface area contributed by atoms with Gasteiger partial charge < -0.3 is 19.8 Å². The highest BCUT2D eigenvalue weighted by Crippen LogP contribution is 2.19. The third-order valence-electron chi connectivity index (χ3n) is 3.41. The first kappa shape index (κ1) is 16.0. The lowest BCUT2D eigenvalue weighted by Crippen LogP contribution is -2.47. The summed E-state index contributed by atoms with van der Waals surface area (Å²) in [6.07, 6.45) is 3.33. The highest BCUT2D eigenvalue weighted by atomic mass is 35.5. The largest absolute Gasteiger partial charge is 0.467 e. The zero-order valence-electron chi connectivity index (χ0n) is 11.1. The van der Waals surface area contributed by atoms with Gasteiger partial charge in [0.1, 0.15) is 5.76 Å². The molecule has 5 nitrogen and oxygen atoms in total. The van der Waals surface area contributed by atoms with Crippen molar-refractivity contribution in [3.8, 4) is 0 Å². The lowest BCUT2D eigenvalue weighted by Gasteiger charge is -2.29. The molecule has 1 atom stereocenters. The van der Waals surface area contributed by atoms with Gasteiger partial charge in [-0.1, -0.05) is 0 Å². The Morgan fingerprint density at radius 3 is 2.79 bits per heavy atom. The molecule has 0 saturated carbocycles. The summed E-state index contributed by atoms with van der Waals surface area (Å²) in [4.78, 5) is 13.8. The summed E-state index contributed by atoms with van der Waals surface area (Å²) in [7, 11) is 1.75. The van der Waals surface area contributed by atoms with E-state index in [4.69, 9.17) is 14.9 Å². The van der Waals surface area contributed by atoms with E-state index in [0.717, 1.165) is 18.6 Å². The number of nitrogens with two attached hydrogens (primary N) is 1. The predicted molar refractivity (Wildman–Crippen MR) is 73.9 cm³/mol. The highest BCUT2D eigenvalue weighted by Gasteiger charge is 2.28. The maximum Gasteiger partial charge on any atom is 0.239 e. The molecule has 1 aliphatic rings. The minimum atomic E-state index is -0.436. The Balaban J connectivity index is 0.00000180. The molecule has 108 valence electrons. The number of likely N-dealkylation sites (N-methyl/N-ethyl adjacent to an activating group) is 1. The van der Waals surface area contributed by atoms with Crippen LogP contribution in [0.2, 0.25) is 0 Å². The van der Waals surface area contributed by atoms with E-state index < -0.39 is 6.04 Å². The molecule has 1 aliphatic heterocycles. The molecule has 1 unspecified atom stereocenters. The zero-order valence-corrected chi connectivity index (χ0v) is 11.9. The number of halogens is 1. The molecule has 1 amide bonds. The molecular weight excluding hydrogens is 268 g/mol. The van der Waals surface area contributed by atoms with Crippen LogP contribution in [0.15, 0.2) is 22.8 Å². The monoisotopic (exact) mass is 288 g/mol. The van der Waals surface area contributed by atoms with Crippen molar-refractivity contribution < 1.29 is 13.9 Å². The fourth-order valence-corrected chi connectivity index (χ4v) is 2.25. The first-order valence-corrected chi connectivity index (χ1v) is 6.29. The SMILES string of the molecule is CN(Cc1ccco1)C(=O)C(N)C1CCOCC1.Cl. The number of amides is 1. The van der Waals surface area contributed by atoms with Crippen molar-refractivity contribution in [2.24, 2.45) is 11.7 Å². The van der Waals surface area contributed by atoms with Crippen LogP contribution in [0.25, 0.3) is 0 Å². The van der Waals surface area contributed by atoms with Crippen LogP contribution in [0, 0.1) is 5.92 Å². The molecule has 0 radical (unpaired) electrons. The Hall–Kier alpha value is -1.04. The van der Waals surface area contributed by atoms with Crippen molar-refractivity contribution in [3.05, 3.63) is 24.2 Å². The molecule has 2 heterocycles. The number of nitrogens with zero attached hydrogens (tertiary/aromatic N) is 1. The fourth-order valence-electron chi connectivity index (χ4n) is 2.25. The van der Waals surface area contributed by atoms with Crippen LogP contribution >= 0.6 is 12.4 Å². The number of carbonyl (C=O) groups excluding carboxylic acids is 1. The fraction of sp³-hybridized carbons (Fsp3) is 0.615. The van der Waals surface area contributed by atoms with Crippen LogP contribution in [0.1, 0.15) is 18.6 Å². The third kappa shape index (κ3) is 4.23. The number of furan rings is 1. The van der Waals surface area contributed by atoms with Gasteiger partial charge in [0.05, 0.1) is 18.8 Å². The highest BCUT2D eigenvalue weighted by molar-refractivity contribution is 5.85. The summed E-state index contributed by atoms with van der Waals surface area (Å²) in [5.74, 6) is 0.966. The van der Waals surface area contributed by atoms with E-state index in [2.05, 4.69) is 0 Å². The number of carbonyl (C=O) groups is 1. The molecule has 0 aliphatic carbocycles. The molecule has 1 aromatic rings. The zero-order chi connectivity index (χ0) is 13.0. The molecule has 1 saturated heterocycles. The van der Waals surface area contributed by atoms with Crippen LogP contribution < -0.4 is 5.73 Å². The Labute approximate surface area is 119 Å². The summed E-state index contributed by atoms with van der Waals surface area (Å²) >= 11 is 0. The van der Waals surface area contributed by atoms with E-state index in [1.807, 2.05) is 12.1 Å². The molecule has 2 N–H and O–H groups in total. The number of hydrogen-bond acceptors (Lipinski definition) is 4. The van der Waals surface area contributed by atoms with Gasteiger partial charge in [0.25, 0.3) is 0 Å². The van der Waals surface area contributed by atoms with Crippen molar-refractivity contribution in [1.29, 1.82) is 0 Å². The molecule has 1 fully saturated rings. The topological polar surface area (TPSA) is 68.7 Å². The summed E-state index contributed by atoms with van der Waals surface area (Å²) < 4.78 is 10.5. The maximum absolute atomic E-state index is 12.2. The van der Waals surface area contributed by atoms with Crippen molar-refractivity contribution >= 4 is 18.3 Å². The van der Waals surface area contributed by atoms with Crippen LogP contribution in [0.3, 0.4) is 0 Å². The second-order valence-electron chi connectivity index (χ2n) is 4.75. The smallest absolute Gasteiger partial charge is 0.239 e. The average molecular weight is 289 g/mol. The van der Waals surface area contributed by atoms with Gasteiger partial charge in [-0.3, -0.25) is 4.79 Å². The first-order valence-electron chi connectivity index (χ1n) is 6.29. The second-order valence-corrected chi connectivity index (χ2v) is 4.75. The van der Waals surface area contributed by atoms with Crippen LogP contribution in [-0.2, 0) is 16.1 Å². The van der Waals surface area contributed by atoms with E-state index in [1.165, 1.54) is 0 Å². The minimum absolute atomic E-state index is 0. The van der Waals surface area contributed by atoms with Crippen LogP contribution in [0.5, 0.6) is 0 Å². The number of hydrogen-bond donors (Lipinski definition) is 1. The predicted octanol–water partition coefficient (Wildman–Crippen LogP) is 1.41. The molecule has 0 spiro atoms. The molecule has 0 aromatic carbocycles. The third-order valence-corrected chi connectivity index (χ3v) is 3.41. The average Bonchev–Trinajstić information content (AvgIpc) is 2.91. The first-order chi connectivity index (χ1) is 8.68. The maximum atomic E-state index is 12.2. The van der Waals surface area contributed by atoms with E-state index in [0.29, 0.717) is 19.8 Å². The van der Waals surface area contributed by atoms with Gasteiger partial charge in [-0.25, -0.2) is 0 Å². The van der Waals surface area contributed by atoms with E-state index in [1.54, 1.807) is 18.2 Å². The Bertz CT molecular complexity index is 377. The molecule has 1 aromatic heterocycles. The van der Waals surface area contributed by atoms with Gasteiger partial charge in [0.15, 0.2) is 0 Å². The van der Waals surface area contributed by atoms with Crippen molar-refractivity contribution in [2.45, 2.75) is 25.4 Å². The summed E-state index contributed by atoms with van der Waals surface area (Å²) in [5, 5.41) is 0. The summed E-state index contributed by atoms with van der Waals surface area (Å²) in [6.45, 7) is 1.86. The molecule has 6 heteroatoms. The van der Waals surface area contributed by atoms with Crippen LogP contribution in [0.4, 0.5) is 0 Å². The van der Waals surface area contributed by atoms with E-state index in [9.17, 15) is 4.79 Å². The number of ether oxygens (including phenoxy) is 1. The van der Waals surface area contributed by atoms with Crippen molar-refractivity contribution in [2.75, 3.05) is 20.3 Å². The molecule has 0 bridgehead atoms. The Morgan fingerprint density at radius 2 is 2.21 bits per heavy atom. The molecule has 19 heavy (non-hydrogen) atoms. The van der Waals surface area contributed by atoms with Crippen molar-refractivity contribution in [3.63, 3.8) is 0 Å². The van der Waals surface area contributed by atoms with Gasteiger partial charge in [-0.05, 0) is 30.9 Å². The van der Waals surface area contributed by atoms with Gasteiger partial charge >= 0.3 is 0 Å². The molecular formula is C13H21ClN2O3. The Kier molecular flexibility index (Phi) is 6.34. The normalized spacial score (nSPS) is 17.6. The lowest BCUT2D eigenvalue weighted by atomic mass is 9.91. The van der Waals surface area contributed by atoms with Gasteiger partial charge in [-0.2, -0.15) is 0 Å². The quantitative estimate of drug-likeness (QED) is 0.910. The van der Waals surface area contributed by atoms with E-state index >= 15 is 0 Å². The molecule has 2 rings (SSSR count). The minimum Gasteiger partial charge on any atom is -0.467 e.